The second kappa shape index (κ2) is 8.16. The van der Waals surface area contributed by atoms with E-state index in [9.17, 15) is 5.11 Å². The fraction of sp³-hybridized carbons (Fsp3) is 0.625. The van der Waals surface area contributed by atoms with Crippen molar-refractivity contribution < 1.29 is 5.11 Å². The van der Waals surface area contributed by atoms with Gasteiger partial charge in [-0.15, -0.1) is 0 Å². The van der Waals surface area contributed by atoms with Crippen LogP contribution >= 0.6 is 0 Å². The molecule has 0 fully saturated rings. The molecule has 0 radical (unpaired) electrons. The van der Waals surface area contributed by atoms with Crippen LogP contribution in [0.4, 0.5) is 0 Å². The van der Waals surface area contributed by atoms with Crippen molar-refractivity contribution in [1.29, 1.82) is 0 Å². The summed E-state index contributed by atoms with van der Waals surface area (Å²) >= 11 is 0. The number of benzene rings is 1. The van der Waals surface area contributed by atoms with Crippen LogP contribution in [-0.2, 0) is 6.42 Å². The fourth-order valence-corrected chi connectivity index (χ4v) is 2.10. The Hall–Kier alpha value is -0.980. The number of phenolic OH excluding ortho intramolecular Hbond substituents is 1. The van der Waals surface area contributed by atoms with Crippen LogP contribution in [0.2, 0.25) is 0 Å². The minimum Gasteiger partial charge on any atom is -0.508 e. The van der Waals surface area contributed by atoms with Crippen molar-refractivity contribution in [3.63, 3.8) is 0 Å². The number of unbranched alkanes of at least 4 members (excludes halogenated alkanes) is 6. The van der Waals surface area contributed by atoms with Crippen LogP contribution in [0.5, 0.6) is 5.75 Å². The molecule has 1 heteroatoms. The van der Waals surface area contributed by atoms with Gasteiger partial charge < -0.3 is 5.11 Å². The van der Waals surface area contributed by atoms with Crippen molar-refractivity contribution in [2.45, 2.75) is 65.2 Å². The van der Waals surface area contributed by atoms with Gasteiger partial charge in [0.15, 0.2) is 0 Å². The summed E-state index contributed by atoms with van der Waals surface area (Å²) in [5.74, 6) is 0.436. The zero-order valence-corrected chi connectivity index (χ0v) is 11.3. The number of hydrogen-bond acceptors (Lipinski definition) is 1. The Labute approximate surface area is 106 Å². The monoisotopic (exact) mass is 234 g/mol. The molecule has 1 aromatic rings. The van der Waals surface area contributed by atoms with Gasteiger partial charge in [0.1, 0.15) is 5.75 Å². The van der Waals surface area contributed by atoms with E-state index in [1.54, 1.807) is 0 Å². The van der Waals surface area contributed by atoms with E-state index < -0.39 is 0 Å². The minimum atomic E-state index is 0.436. The minimum absolute atomic E-state index is 0.436. The highest BCUT2D eigenvalue weighted by Gasteiger charge is 1.98. The highest BCUT2D eigenvalue weighted by molar-refractivity contribution is 5.35. The largest absolute Gasteiger partial charge is 0.508 e. The number of aryl methyl sites for hydroxylation is 2. The Morgan fingerprint density at radius 1 is 0.941 bits per heavy atom. The zero-order chi connectivity index (χ0) is 12.5. The molecule has 0 bridgehead atoms. The van der Waals surface area contributed by atoms with Gasteiger partial charge in [-0.25, -0.2) is 0 Å². The Kier molecular flexibility index (Phi) is 6.76. The van der Waals surface area contributed by atoms with Crippen LogP contribution < -0.4 is 0 Å². The van der Waals surface area contributed by atoms with Gasteiger partial charge >= 0.3 is 0 Å². The van der Waals surface area contributed by atoms with Crippen molar-refractivity contribution in [3.05, 3.63) is 29.3 Å². The molecule has 0 saturated carbocycles. The lowest BCUT2D eigenvalue weighted by Crippen LogP contribution is -1.87. The van der Waals surface area contributed by atoms with E-state index >= 15 is 0 Å². The molecule has 1 N–H and O–H groups in total. The summed E-state index contributed by atoms with van der Waals surface area (Å²) in [6.07, 6.45) is 10.5. The molecule has 17 heavy (non-hydrogen) atoms. The summed E-state index contributed by atoms with van der Waals surface area (Å²) in [5, 5.41) is 9.60. The smallest absolute Gasteiger partial charge is 0.118 e. The lowest BCUT2D eigenvalue weighted by Gasteiger charge is -2.04. The number of phenols is 1. The van der Waals surface area contributed by atoms with E-state index in [0.29, 0.717) is 5.75 Å². The highest BCUT2D eigenvalue weighted by Crippen LogP contribution is 2.19. The Bertz CT molecular complexity index is 317. The molecule has 96 valence electrons. The van der Waals surface area contributed by atoms with Crippen molar-refractivity contribution in [2.24, 2.45) is 0 Å². The highest BCUT2D eigenvalue weighted by atomic mass is 16.3. The molecular weight excluding hydrogens is 208 g/mol. The van der Waals surface area contributed by atoms with E-state index in [2.05, 4.69) is 13.0 Å². The van der Waals surface area contributed by atoms with Crippen LogP contribution in [0.25, 0.3) is 0 Å². The molecular formula is C16H26O. The molecule has 0 aliphatic rings. The average molecular weight is 234 g/mol. The molecule has 0 saturated heterocycles. The van der Waals surface area contributed by atoms with Crippen molar-refractivity contribution in [1.82, 2.24) is 0 Å². The Morgan fingerprint density at radius 2 is 1.59 bits per heavy atom. The molecule has 1 nitrogen and oxygen atoms in total. The van der Waals surface area contributed by atoms with E-state index in [4.69, 9.17) is 0 Å². The first-order valence-electron chi connectivity index (χ1n) is 7.02. The third-order valence-corrected chi connectivity index (χ3v) is 3.34. The molecule has 0 unspecified atom stereocenters. The lowest BCUT2D eigenvalue weighted by molar-refractivity contribution is 0.470. The van der Waals surface area contributed by atoms with Gasteiger partial charge in [-0.05, 0) is 37.0 Å². The van der Waals surface area contributed by atoms with E-state index in [-0.39, 0.29) is 0 Å². The summed E-state index contributed by atoms with van der Waals surface area (Å²) in [4.78, 5) is 0. The molecule has 0 aliphatic heterocycles. The summed E-state index contributed by atoms with van der Waals surface area (Å²) in [6.45, 7) is 4.19. The summed E-state index contributed by atoms with van der Waals surface area (Å²) < 4.78 is 0. The second-order valence-electron chi connectivity index (χ2n) is 4.99. The quantitative estimate of drug-likeness (QED) is 0.628. The van der Waals surface area contributed by atoms with Crippen molar-refractivity contribution >= 4 is 0 Å². The first-order chi connectivity index (χ1) is 8.24. The van der Waals surface area contributed by atoms with Crippen molar-refractivity contribution in [3.8, 4) is 5.75 Å². The zero-order valence-electron chi connectivity index (χ0n) is 11.3. The van der Waals surface area contributed by atoms with Gasteiger partial charge in [0.2, 0.25) is 0 Å². The maximum Gasteiger partial charge on any atom is 0.118 e. The first kappa shape index (κ1) is 14.1. The first-order valence-corrected chi connectivity index (χ1v) is 7.02. The van der Waals surface area contributed by atoms with E-state index in [1.165, 1.54) is 50.5 Å². The second-order valence-corrected chi connectivity index (χ2v) is 4.99. The Morgan fingerprint density at radius 3 is 2.24 bits per heavy atom. The molecule has 0 spiro atoms. The van der Waals surface area contributed by atoms with Crippen LogP contribution in [-0.4, -0.2) is 5.11 Å². The molecule has 0 atom stereocenters. The average Bonchev–Trinajstić information content (AvgIpc) is 2.32. The SMILES string of the molecule is CCCCCCCCCc1ccc(C)c(O)c1. The maximum absolute atomic E-state index is 9.60. The van der Waals surface area contributed by atoms with Gasteiger partial charge in [-0.2, -0.15) is 0 Å². The number of rotatable bonds is 8. The van der Waals surface area contributed by atoms with Crippen LogP contribution in [0.1, 0.15) is 63.0 Å². The van der Waals surface area contributed by atoms with Gasteiger partial charge in [0, 0.05) is 0 Å². The van der Waals surface area contributed by atoms with Crippen molar-refractivity contribution in [2.75, 3.05) is 0 Å². The predicted octanol–water partition coefficient (Wildman–Crippen LogP) is 4.99. The van der Waals surface area contributed by atoms with Gasteiger partial charge in [-0.3, -0.25) is 0 Å². The molecule has 0 aliphatic carbocycles. The standard InChI is InChI=1S/C16H26O/c1-3-4-5-6-7-8-9-10-15-12-11-14(2)16(17)13-15/h11-13,17H,3-10H2,1-2H3. The van der Waals surface area contributed by atoms with Gasteiger partial charge in [-0.1, -0.05) is 57.6 Å². The maximum atomic E-state index is 9.60. The third kappa shape index (κ3) is 5.76. The van der Waals surface area contributed by atoms with Crippen LogP contribution in [0.3, 0.4) is 0 Å². The summed E-state index contributed by atoms with van der Waals surface area (Å²) in [7, 11) is 0. The summed E-state index contributed by atoms with van der Waals surface area (Å²) in [6, 6.07) is 6.05. The molecule has 0 heterocycles. The van der Waals surface area contributed by atoms with Crippen LogP contribution in [0.15, 0.2) is 18.2 Å². The normalized spacial score (nSPS) is 10.7. The number of hydrogen-bond donors (Lipinski definition) is 1. The molecule has 0 aromatic heterocycles. The fourth-order valence-electron chi connectivity index (χ4n) is 2.10. The molecule has 1 aromatic carbocycles. The lowest BCUT2D eigenvalue weighted by atomic mass is 10.0. The predicted molar refractivity (Wildman–Crippen MR) is 74.5 cm³/mol. The number of aromatic hydroxyl groups is 1. The Balaban J connectivity index is 2.11. The third-order valence-electron chi connectivity index (χ3n) is 3.34. The van der Waals surface area contributed by atoms with Gasteiger partial charge in [0.05, 0.1) is 0 Å². The molecule has 1 rings (SSSR count). The molecule has 0 amide bonds. The topological polar surface area (TPSA) is 20.2 Å². The van der Waals surface area contributed by atoms with E-state index in [1.807, 2.05) is 19.1 Å². The summed E-state index contributed by atoms with van der Waals surface area (Å²) in [5.41, 5.74) is 2.23. The van der Waals surface area contributed by atoms with Gasteiger partial charge in [0.25, 0.3) is 0 Å². The van der Waals surface area contributed by atoms with Crippen LogP contribution in [0, 0.1) is 6.92 Å². The van der Waals surface area contributed by atoms with E-state index in [0.717, 1.165) is 12.0 Å².